The summed E-state index contributed by atoms with van der Waals surface area (Å²) < 4.78 is 7.99. The van der Waals surface area contributed by atoms with Crippen molar-refractivity contribution in [2.24, 2.45) is 0 Å². The van der Waals surface area contributed by atoms with E-state index < -0.39 is 11.9 Å². The fourth-order valence-electron chi connectivity index (χ4n) is 3.22. The Morgan fingerprint density at radius 2 is 2.15 bits per heavy atom. The van der Waals surface area contributed by atoms with Gasteiger partial charge in [0.25, 0.3) is 5.91 Å². The Morgan fingerprint density at radius 1 is 1.35 bits per heavy atom. The molecular weight excluding hydrogens is 523 g/mol. The minimum atomic E-state index is -0.993. The van der Waals surface area contributed by atoms with Gasteiger partial charge in [-0.3, -0.25) is 23.6 Å². The largest absolute Gasteiger partial charge is 0.481 e. The molecule has 3 rings (SSSR count). The highest BCUT2D eigenvalue weighted by molar-refractivity contribution is 7.99. The number of hydrogen-bond acceptors (Lipinski definition) is 8. The molecule has 184 valence electrons. The molecule has 13 heteroatoms. The van der Waals surface area contributed by atoms with Gasteiger partial charge in [0.15, 0.2) is 4.34 Å². The van der Waals surface area contributed by atoms with Gasteiger partial charge in [-0.1, -0.05) is 29.3 Å². The van der Waals surface area contributed by atoms with Crippen LogP contribution in [-0.2, 0) is 20.9 Å². The maximum absolute atomic E-state index is 12.3. The molecule has 1 saturated heterocycles. The Bertz CT molecular complexity index is 1040. The van der Waals surface area contributed by atoms with E-state index >= 15 is 0 Å². The Balaban J connectivity index is 1.55. The SMILES string of the molecule is CC(=O)N(C[C@@H]1CN(Cc2ccc(Cl)c(Cl)c2)CCO1)Sc1nc(C(=O)NCCC(=O)O)cs1. The molecule has 0 unspecified atom stereocenters. The number of rotatable bonds is 10. The molecule has 2 N–H and O–H groups in total. The number of aromatic nitrogens is 1. The Kier molecular flexibility index (Phi) is 9.98. The second kappa shape index (κ2) is 12.7. The fraction of sp³-hybridized carbons (Fsp3) is 0.429. The highest BCUT2D eigenvalue weighted by Gasteiger charge is 2.26. The van der Waals surface area contributed by atoms with Crippen LogP contribution in [0.2, 0.25) is 10.0 Å². The first kappa shape index (κ1) is 26.7. The van der Waals surface area contributed by atoms with E-state index in [0.29, 0.717) is 40.6 Å². The smallest absolute Gasteiger partial charge is 0.305 e. The van der Waals surface area contributed by atoms with Crippen molar-refractivity contribution < 1.29 is 24.2 Å². The number of carbonyl (C=O) groups is 3. The maximum Gasteiger partial charge on any atom is 0.305 e. The molecule has 1 aromatic carbocycles. The van der Waals surface area contributed by atoms with Crippen LogP contribution in [-0.4, -0.2) is 76.0 Å². The van der Waals surface area contributed by atoms with Gasteiger partial charge < -0.3 is 15.2 Å². The molecule has 0 radical (unpaired) electrons. The Hall–Kier alpha value is -1.89. The zero-order valence-electron chi connectivity index (χ0n) is 18.3. The van der Waals surface area contributed by atoms with E-state index in [1.165, 1.54) is 18.3 Å². The summed E-state index contributed by atoms with van der Waals surface area (Å²) in [5.74, 6) is -1.60. The van der Waals surface area contributed by atoms with Gasteiger partial charge in [0.1, 0.15) is 5.69 Å². The first-order chi connectivity index (χ1) is 16.2. The van der Waals surface area contributed by atoms with E-state index in [1.807, 2.05) is 12.1 Å². The third-order valence-electron chi connectivity index (χ3n) is 4.86. The minimum absolute atomic E-state index is 0.0193. The van der Waals surface area contributed by atoms with Crippen LogP contribution in [0.15, 0.2) is 27.9 Å². The summed E-state index contributed by atoms with van der Waals surface area (Å²) in [7, 11) is 0. The highest BCUT2D eigenvalue weighted by atomic mass is 35.5. The molecule has 0 spiro atoms. The van der Waals surface area contributed by atoms with Crippen LogP contribution in [0.1, 0.15) is 29.4 Å². The first-order valence-corrected chi connectivity index (χ1v) is 12.8. The van der Waals surface area contributed by atoms with E-state index in [0.717, 1.165) is 24.1 Å². The van der Waals surface area contributed by atoms with E-state index in [-0.39, 0.29) is 30.7 Å². The molecule has 2 amide bonds. The van der Waals surface area contributed by atoms with E-state index in [2.05, 4.69) is 15.2 Å². The molecule has 0 bridgehead atoms. The van der Waals surface area contributed by atoms with Crippen LogP contribution in [0.25, 0.3) is 0 Å². The Morgan fingerprint density at radius 3 is 2.85 bits per heavy atom. The molecule has 2 aromatic rings. The van der Waals surface area contributed by atoms with E-state index in [4.69, 9.17) is 33.0 Å². The number of aliphatic carboxylic acids is 1. The van der Waals surface area contributed by atoms with Gasteiger partial charge in [0, 0.05) is 50.4 Å². The van der Waals surface area contributed by atoms with Gasteiger partial charge in [-0.15, -0.1) is 11.3 Å². The number of hydrogen-bond donors (Lipinski definition) is 2. The molecule has 34 heavy (non-hydrogen) atoms. The van der Waals surface area contributed by atoms with Gasteiger partial charge >= 0.3 is 5.97 Å². The van der Waals surface area contributed by atoms with Gasteiger partial charge in [0.05, 0.1) is 35.7 Å². The van der Waals surface area contributed by atoms with Crippen molar-refractivity contribution in [1.29, 1.82) is 0 Å². The number of benzene rings is 1. The molecule has 0 saturated carbocycles. The zero-order chi connectivity index (χ0) is 24.7. The number of amides is 2. The lowest BCUT2D eigenvalue weighted by Gasteiger charge is -2.35. The maximum atomic E-state index is 12.3. The van der Waals surface area contributed by atoms with E-state index in [9.17, 15) is 14.4 Å². The van der Waals surface area contributed by atoms with Crippen molar-refractivity contribution in [2.75, 3.05) is 32.8 Å². The number of nitrogens with zero attached hydrogens (tertiary/aromatic N) is 3. The normalized spacial score (nSPS) is 16.3. The number of thiazole rings is 1. The third kappa shape index (κ3) is 8.10. The van der Waals surface area contributed by atoms with Gasteiger partial charge in [-0.05, 0) is 17.7 Å². The molecule has 0 aliphatic carbocycles. The van der Waals surface area contributed by atoms with Gasteiger partial charge in [-0.25, -0.2) is 4.98 Å². The molecule has 1 atom stereocenters. The predicted molar refractivity (Wildman–Crippen MR) is 131 cm³/mol. The van der Waals surface area contributed by atoms with Crippen molar-refractivity contribution in [3.8, 4) is 0 Å². The molecular formula is C21H24Cl2N4O5S2. The lowest BCUT2D eigenvalue weighted by molar-refractivity contribution is -0.136. The van der Waals surface area contributed by atoms with Crippen molar-refractivity contribution >= 4 is 64.3 Å². The lowest BCUT2D eigenvalue weighted by Crippen LogP contribution is -2.46. The summed E-state index contributed by atoms with van der Waals surface area (Å²) in [4.78, 5) is 41.4. The average Bonchev–Trinajstić information content (AvgIpc) is 3.24. The highest BCUT2D eigenvalue weighted by Crippen LogP contribution is 2.28. The molecule has 1 aliphatic rings. The summed E-state index contributed by atoms with van der Waals surface area (Å²) >= 11 is 14.5. The third-order valence-corrected chi connectivity index (χ3v) is 7.62. The molecule has 1 aliphatic heterocycles. The van der Waals surface area contributed by atoms with Crippen molar-refractivity contribution in [1.82, 2.24) is 19.5 Å². The summed E-state index contributed by atoms with van der Waals surface area (Å²) in [6, 6.07) is 5.57. The number of morpholine rings is 1. The van der Waals surface area contributed by atoms with Crippen LogP contribution >= 0.6 is 46.5 Å². The summed E-state index contributed by atoms with van der Waals surface area (Å²) in [6.45, 7) is 4.48. The summed E-state index contributed by atoms with van der Waals surface area (Å²) in [5.41, 5.74) is 1.23. The number of nitrogens with one attached hydrogen (secondary N) is 1. The van der Waals surface area contributed by atoms with Crippen molar-refractivity contribution in [2.45, 2.75) is 30.3 Å². The number of carboxylic acid groups (broad SMARTS) is 1. The zero-order valence-corrected chi connectivity index (χ0v) is 21.5. The molecule has 1 fully saturated rings. The molecule has 1 aromatic heterocycles. The number of ether oxygens (including phenoxy) is 1. The quantitative estimate of drug-likeness (QED) is 0.436. The van der Waals surface area contributed by atoms with Crippen LogP contribution in [0.5, 0.6) is 0 Å². The van der Waals surface area contributed by atoms with Crippen molar-refractivity contribution in [3.05, 3.63) is 44.9 Å². The number of halogens is 2. The standard InChI is InChI=1S/C21H24Cl2N4O5S2/c1-13(28)27(34-21-25-18(12-33-21)20(31)24-5-4-19(29)30)11-15-10-26(6-7-32-15)9-14-2-3-16(22)17(23)8-14/h2-3,8,12,15H,4-7,9-11H2,1H3,(H,24,31)(H,29,30)/t15-/m0/s1. The monoisotopic (exact) mass is 546 g/mol. The Labute approximate surface area is 215 Å². The average molecular weight is 547 g/mol. The lowest BCUT2D eigenvalue weighted by atomic mass is 10.2. The number of carbonyl (C=O) groups excluding carboxylic acids is 2. The second-order valence-electron chi connectivity index (χ2n) is 7.55. The fourth-order valence-corrected chi connectivity index (χ4v) is 5.34. The number of carboxylic acids is 1. The molecule has 9 nitrogen and oxygen atoms in total. The van der Waals surface area contributed by atoms with Crippen LogP contribution in [0.3, 0.4) is 0 Å². The first-order valence-electron chi connectivity index (χ1n) is 10.4. The van der Waals surface area contributed by atoms with Gasteiger partial charge in [0.2, 0.25) is 5.91 Å². The topological polar surface area (TPSA) is 112 Å². The van der Waals surface area contributed by atoms with Crippen LogP contribution in [0, 0.1) is 0 Å². The second-order valence-corrected chi connectivity index (χ2v) is 10.5. The summed E-state index contributed by atoms with van der Waals surface area (Å²) in [5, 5.41) is 13.8. The van der Waals surface area contributed by atoms with Crippen LogP contribution in [0.4, 0.5) is 0 Å². The minimum Gasteiger partial charge on any atom is -0.481 e. The van der Waals surface area contributed by atoms with Crippen LogP contribution < -0.4 is 5.32 Å². The van der Waals surface area contributed by atoms with E-state index in [1.54, 1.807) is 15.8 Å². The summed E-state index contributed by atoms with van der Waals surface area (Å²) in [6.07, 6.45) is -0.356. The van der Waals surface area contributed by atoms with Crippen molar-refractivity contribution in [3.63, 3.8) is 0 Å². The van der Waals surface area contributed by atoms with Gasteiger partial charge in [-0.2, -0.15) is 0 Å². The molecule has 2 heterocycles. The predicted octanol–water partition coefficient (Wildman–Crippen LogP) is 3.41.